The summed E-state index contributed by atoms with van der Waals surface area (Å²) in [7, 11) is 0. The third-order valence-electron chi connectivity index (χ3n) is 5.03. The molecule has 3 aromatic rings. The second-order valence-electron chi connectivity index (χ2n) is 7.41. The zero-order chi connectivity index (χ0) is 24.1. The highest BCUT2D eigenvalue weighted by atomic mass is 79.9. The van der Waals surface area contributed by atoms with Crippen molar-refractivity contribution >= 4 is 60.8 Å². The summed E-state index contributed by atoms with van der Waals surface area (Å²) >= 11 is 7.85. The van der Waals surface area contributed by atoms with Crippen LogP contribution >= 0.6 is 43.6 Å². The summed E-state index contributed by atoms with van der Waals surface area (Å²) in [5.41, 5.74) is 2.66. The topological polar surface area (TPSA) is 55.8 Å². The SMILES string of the molecule is CCOc1cc(/C=C2\SC(=O)N(Cc3ccccc3Br)C2=O)ccc1OCc1ccc(Br)cc1. The lowest BCUT2D eigenvalue weighted by atomic mass is 10.1. The molecular weight excluding hydrogens is 582 g/mol. The van der Waals surface area contributed by atoms with Crippen molar-refractivity contribution in [1.82, 2.24) is 4.90 Å². The number of carbonyl (C=O) groups excluding carboxylic acids is 2. The molecule has 34 heavy (non-hydrogen) atoms. The maximum Gasteiger partial charge on any atom is 0.293 e. The standard InChI is InChI=1S/C26H21Br2NO4S/c1-2-32-23-13-18(9-12-22(23)33-16-17-7-10-20(27)11-8-17)14-24-25(30)29(26(31)34-24)15-19-5-3-4-6-21(19)28/h3-14H,2,15-16H2,1H3/b24-14-. The lowest BCUT2D eigenvalue weighted by Gasteiger charge is -2.14. The molecule has 1 saturated heterocycles. The van der Waals surface area contributed by atoms with E-state index in [-0.39, 0.29) is 17.7 Å². The Balaban J connectivity index is 1.51. The van der Waals surface area contributed by atoms with Crippen LogP contribution in [0.15, 0.2) is 80.6 Å². The van der Waals surface area contributed by atoms with Gasteiger partial charge in [-0.05, 0) is 71.8 Å². The van der Waals surface area contributed by atoms with Gasteiger partial charge in [0.15, 0.2) is 11.5 Å². The van der Waals surface area contributed by atoms with Crippen LogP contribution in [0.3, 0.4) is 0 Å². The van der Waals surface area contributed by atoms with E-state index in [1.165, 1.54) is 4.90 Å². The van der Waals surface area contributed by atoms with Gasteiger partial charge < -0.3 is 9.47 Å². The number of amides is 2. The Labute approximate surface area is 219 Å². The predicted octanol–water partition coefficient (Wildman–Crippen LogP) is 7.43. The van der Waals surface area contributed by atoms with Crippen LogP contribution in [0.2, 0.25) is 0 Å². The highest BCUT2D eigenvalue weighted by Gasteiger charge is 2.35. The van der Waals surface area contributed by atoms with Gasteiger partial charge in [-0.1, -0.05) is 68.3 Å². The van der Waals surface area contributed by atoms with Crippen molar-refractivity contribution in [2.75, 3.05) is 6.61 Å². The molecule has 1 aliphatic rings. The van der Waals surface area contributed by atoms with Gasteiger partial charge in [0.05, 0.1) is 18.1 Å². The van der Waals surface area contributed by atoms with Crippen molar-refractivity contribution in [2.24, 2.45) is 0 Å². The van der Waals surface area contributed by atoms with Gasteiger partial charge in [0, 0.05) is 8.95 Å². The number of halogens is 2. The smallest absolute Gasteiger partial charge is 0.293 e. The number of carbonyl (C=O) groups is 2. The second kappa shape index (κ2) is 11.3. The van der Waals surface area contributed by atoms with Crippen LogP contribution < -0.4 is 9.47 Å². The van der Waals surface area contributed by atoms with Crippen molar-refractivity contribution in [2.45, 2.75) is 20.1 Å². The molecule has 0 radical (unpaired) electrons. The zero-order valence-electron chi connectivity index (χ0n) is 18.3. The maximum absolute atomic E-state index is 12.9. The van der Waals surface area contributed by atoms with Crippen molar-refractivity contribution in [3.8, 4) is 11.5 Å². The normalized spacial score (nSPS) is 14.7. The third-order valence-corrected chi connectivity index (χ3v) is 7.24. The summed E-state index contributed by atoms with van der Waals surface area (Å²) in [6, 6.07) is 21.0. The Morgan fingerprint density at radius 2 is 1.71 bits per heavy atom. The van der Waals surface area contributed by atoms with E-state index >= 15 is 0 Å². The molecule has 2 amide bonds. The second-order valence-corrected chi connectivity index (χ2v) is 10.2. The van der Waals surface area contributed by atoms with Gasteiger partial charge in [-0.25, -0.2) is 0 Å². The number of hydrogen-bond donors (Lipinski definition) is 0. The summed E-state index contributed by atoms with van der Waals surface area (Å²) < 4.78 is 13.6. The molecule has 8 heteroatoms. The zero-order valence-corrected chi connectivity index (χ0v) is 22.3. The summed E-state index contributed by atoms with van der Waals surface area (Å²) in [4.78, 5) is 27.1. The summed E-state index contributed by atoms with van der Waals surface area (Å²) in [6.45, 7) is 3.00. The van der Waals surface area contributed by atoms with E-state index < -0.39 is 0 Å². The molecule has 0 saturated carbocycles. The quantitative estimate of drug-likeness (QED) is 0.251. The molecule has 0 atom stereocenters. The highest BCUT2D eigenvalue weighted by Crippen LogP contribution is 2.36. The van der Waals surface area contributed by atoms with E-state index in [1.54, 1.807) is 6.08 Å². The lowest BCUT2D eigenvalue weighted by molar-refractivity contribution is -0.123. The van der Waals surface area contributed by atoms with Crippen molar-refractivity contribution in [1.29, 1.82) is 0 Å². The molecule has 0 aromatic heterocycles. The van der Waals surface area contributed by atoms with Crippen LogP contribution in [-0.4, -0.2) is 22.7 Å². The molecule has 0 unspecified atom stereocenters. The fourth-order valence-corrected chi connectivity index (χ4v) is 4.84. The molecule has 1 fully saturated rings. The molecule has 0 bridgehead atoms. The van der Waals surface area contributed by atoms with E-state index in [0.717, 1.165) is 37.4 Å². The Morgan fingerprint density at radius 3 is 2.44 bits per heavy atom. The van der Waals surface area contributed by atoms with E-state index in [2.05, 4.69) is 31.9 Å². The van der Waals surface area contributed by atoms with Crippen LogP contribution in [0.1, 0.15) is 23.6 Å². The first-order valence-corrected chi connectivity index (χ1v) is 13.0. The van der Waals surface area contributed by atoms with Crippen LogP contribution in [0.4, 0.5) is 4.79 Å². The van der Waals surface area contributed by atoms with Crippen LogP contribution in [-0.2, 0) is 17.9 Å². The number of benzene rings is 3. The highest BCUT2D eigenvalue weighted by molar-refractivity contribution is 9.10. The number of rotatable bonds is 8. The van der Waals surface area contributed by atoms with Crippen LogP contribution in [0.25, 0.3) is 6.08 Å². The Hall–Kier alpha value is -2.55. The minimum Gasteiger partial charge on any atom is -0.490 e. The molecule has 3 aromatic carbocycles. The van der Waals surface area contributed by atoms with Crippen LogP contribution in [0.5, 0.6) is 11.5 Å². The summed E-state index contributed by atoms with van der Waals surface area (Å²) in [5.74, 6) is 0.893. The van der Waals surface area contributed by atoms with Gasteiger partial charge in [-0.3, -0.25) is 14.5 Å². The average Bonchev–Trinajstić information content (AvgIpc) is 3.08. The van der Waals surface area contributed by atoms with Crippen molar-refractivity contribution in [3.63, 3.8) is 0 Å². The molecule has 5 nitrogen and oxygen atoms in total. The molecule has 174 valence electrons. The van der Waals surface area contributed by atoms with Gasteiger partial charge in [0.2, 0.25) is 0 Å². The summed E-state index contributed by atoms with van der Waals surface area (Å²) in [6.07, 6.45) is 1.71. The van der Waals surface area contributed by atoms with E-state index in [1.807, 2.05) is 73.7 Å². The Morgan fingerprint density at radius 1 is 0.941 bits per heavy atom. The number of thioether (sulfide) groups is 1. The lowest BCUT2D eigenvalue weighted by Crippen LogP contribution is -2.27. The average molecular weight is 603 g/mol. The van der Waals surface area contributed by atoms with E-state index in [9.17, 15) is 9.59 Å². The molecule has 1 aliphatic heterocycles. The Bertz CT molecular complexity index is 1240. The monoisotopic (exact) mass is 601 g/mol. The Kier molecular flexibility index (Phi) is 8.13. The molecule has 0 spiro atoms. The van der Waals surface area contributed by atoms with Gasteiger partial charge in [0.1, 0.15) is 6.61 Å². The number of nitrogens with zero attached hydrogens (tertiary/aromatic N) is 1. The van der Waals surface area contributed by atoms with Gasteiger partial charge in [0.25, 0.3) is 11.1 Å². The largest absolute Gasteiger partial charge is 0.490 e. The van der Waals surface area contributed by atoms with E-state index in [4.69, 9.17) is 9.47 Å². The van der Waals surface area contributed by atoms with Crippen molar-refractivity contribution < 1.29 is 19.1 Å². The minimum atomic E-state index is -0.306. The molecule has 1 heterocycles. The molecular formula is C26H21Br2NO4S. The fraction of sp³-hybridized carbons (Fsp3) is 0.154. The first-order valence-electron chi connectivity index (χ1n) is 10.6. The first-order chi connectivity index (χ1) is 16.4. The number of imide groups is 1. The fourth-order valence-electron chi connectivity index (χ4n) is 3.33. The molecule has 0 aliphatic carbocycles. The maximum atomic E-state index is 12.9. The van der Waals surface area contributed by atoms with Crippen molar-refractivity contribution in [3.05, 3.63) is 97.3 Å². The van der Waals surface area contributed by atoms with Gasteiger partial charge in [-0.15, -0.1) is 0 Å². The third kappa shape index (κ3) is 5.92. The number of hydrogen-bond acceptors (Lipinski definition) is 5. The predicted molar refractivity (Wildman–Crippen MR) is 142 cm³/mol. The van der Waals surface area contributed by atoms with Gasteiger partial charge >= 0.3 is 0 Å². The molecule has 0 N–H and O–H groups in total. The minimum absolute atomic E-state index is 0.219. The number of ether oxygens (including phenoxy) is 2. The summed E-state index contributed by atoms with van der Waals surface area (Å²) in [5, 5.41) is -0.286. The van der Waals surface area contributed by atoms with Crippen LogP contribution in [0, 0.1) is 0 Å². The van der Waals surface area contributed by atoms with E-state index in [0.29, 0.717) is 29.6 Å². The first kappa shape index (κ1) is 24.6. The molecule has 4 rings (SSSR count). The van der Waals surface area contributed by atoms with Gasteiger partial charge in [-0.2, -0.15) is 0 Å².